The lowest BCUT2D eigenvalue weighted by Gasteiger charge is -2.46. The van der Waals surface area contributed by atoms with E-state index in [0.717, 1.165) is 12.8 Å². The molecule has 2 aliphatic heterocycles. The van der Waals surface area contributed by atoms with E-state index in [1.165, 1.54) is 4.31 Å². The maximum absolute atomic E-state index is 12.6. The van der Waals surface area contributed by atoms with Crippen LogP contribution in [-0.4, -0.2) is 51.7 Å². The van der Waals surface area contributed by atoms with Crippen molar-refractivity contribution < 1.29 is 17.9 Å². The number of rotatable bonds is 5. The Morgan fingerprint density at radius 1 is 1.41 bits per heavy atom. The Morgan fingerprint density at radius 3 is 2.82 bits per heavy atom. The van der Waals surface area contributed by atoms with E-state index in [1.54, 1.807) is 31.4 Å². The molecule has 1 unspecified atom stereocenters. The average molecular weight is 346 g/mol. The highest BCUT2D eigenvalue weighted by Crippen LogP contribution is 2.41. The zero-order valence-electron chi connectivity index (χ0n) is 12.5. The topological polar surface area (TPSA) is 55.8 Å². The summed E-state index contributed by atoms with van der Waals surface area (Å²) in [6.07, 6.45) is 1.85. The van der Waals surface area contributed by atoms with Crippen molar-refractivity contribution >= 4 is 21.6 Å². The van der Waals surface area contributed by atoms with Crippen LogP contribution in [-0.2, 0) is 19.5 Å². The minimum absolute atomic E-state index is 0.167. The first-order valence-electron chi connectivity index (χ1n) is 7.34. The van der Waals surface area contributed by atoms with Crippen molar-refractivity contribution in [2.75, 3.05) is 33.4 Å². The van der Waals surface area contributed by atoms with Gasteiger partial charge in [-0.15, -0.1) is 0 Å². The Bertz CT molecular complexity index is 643. The number of hydrogen-bond donors (Lipinski definition) is 0. The number of benzene rings is 1. The third-order valence-electron chi connectivity index (χ3n) is 4.40. The fraction of sp³-hybridized carbons (Fsp3) is 0.600. The number of nitrogens with zero attached hydrogens (tertiary/aromatic N) is 1. The molecule has 1 aromatic rings. The molecule has 2 saturated heterocycles. The third-order valence-corrected chi connectivity index (χ3v) is 6.69. The van der Waals surface area contributed by atoms with Crippen LogP contribution >= 0.6 is 11.6 Å². The number of methoxy groups -OCH3 is 1. The van der Waals surface area contributed by atoms with Crippen LogP contribution in [0, 0.1) is 5.92 Å². The number of halogens is 1. The fourth-order valence-electron chi connectivity index (χ4n) is 3.19. The van der Waals surface area contributed by atoms with E-state index in [0.29, 0.717) is 32.2 Å². The summed E-state index contributed by atoms with van der Waals surface area (Å²) >= 11 is 6.01. The van der Waals surface area contributed by atoms with Gasteiger partial charge in [0.15, 0.2) is 0 Å². The highest BCUT2D eigenvalue weighted by molar-refractivity contribution is 7.89. The van der Waals surface area contributed by atoms with Crippen LogP contribution in [0.1, 0.15) is 12.8 Å². The quantitative estimate of drug-likeness (QED) is 0.820. The van der Waals surface area contributed by atoms with Crippen LogP contribution in [0.2, 0.25) is 5.02 Å². The standard InChI is InChI=1S/C15H20ClNO4S/c1-20-7-6-12-8-15(21-9-12)10-17(11-15)22(18,19)14-5-3-2-4-13(14)16/h2-5,12H,6-11H2,1H3. The summed E-state index contributed by atoms with van der Waals surface area (Å²) < 4.78 is 37.6. The average Bonchev–Trinajstić information content (AvgIpc) is 2.88. The zero-order valence-corrected chi connectivity index (χ0v) is 14.1. The monoisotopic (exact) mass is 345 g/mol. The van der Waals surface area contributed by atoms with Gasteiger partial charge in [-0.1, -0.05) is 23.7 Å². The predicted octanol–water partition coefficient (Wildman–Crippen LogP) is 2.16. The van der Waals surface area contributed by atoms with Crippen molar-refractivity contribution in [2.45, 2.75) is 23.3 Å². The second-order valence-corrected chi connectivity index (χ2v) is 8.36. The van der Waals surface area contributed by atoms with Crippen molar-refractivity contribution in [3.8, 4) is 0 Å². The summed E-state index contributed by atoms with van der Waals surface area (Å²) in [5, 5.41) is 0.258. The first-order valence-corrected chi connectivity index (χ1v) is 9.16. The second-order valence-electron chi connectivity index (χ2n) is 6.05. The molecule has 2 fully saturated rings. The van der Waals surface area contributed by atoms with Gasteiger partial charge >= 0.3 is 0 Å². The van der Waals surface area contributed by atoms with Gasteiger partial charge in [-0.3, -0.25) is 0 Å². The molecule has 7 heteroatoms. The van der Waals surface area contributed by atoms with E-state index >= 15 is 0 Å². The lowest BCUT2D eigenvalue weighted by Crippen LogP contribution is -2.63. The summed E-state index contributed by atoms with van der Waals surface area (Å²) in [6, 6.07) is 6.54. The molecule has 1 spiro atoms. The smallest absolute Gasteiger partial charge is 0.244 e. The molecule has 2 aliphatic rings. The van der Waals surface area contributed by atoms with Crippen molar-refractivity contribution in [3.05, 3.63) is 29.3 Å². The first kappa shape index (κ1) is 16.2. The highest BCUT2D eigenvalue weighted by atomic mass is 35.5. The molecular formula is C15H20ClNO4S. The van der Waals surface area contributed by atoms with Gasteiger partial charge in [-0.05, 0) is 30.9 Å². The minimum Gasteiger partial charge on any atom is -0.385 e. The van der Waals surface area contributed by atoms with Crippen LogP contribution in [0.5, 0.6) is 0 Å². The van der Waals surface area contributed by atoms with Crippen molar-refractivity contribution in [1.82, 2.24) is 4.31 Å². The van der Waals surface area contributed by atoms with Crippen LogP contribution in [0.4, 0.5) is 0 Å². The van der Waals surface area contributed by atoms with Crippen molar-refractivity contribution in [3.63, 3.8) is 0 Å². The molecule has 3 rings (SSSR count). The lowest BCUT2D eigenvalue weighted by molar-refractivity contribution is -0.0773. The number of sulfonamides is 1. The van der Waals surface area contributed by atoms with Gasteiger partial charge < -0.3 is 9.47 Å². The van der Waals surface area contributed by atoms with Crippen molar-refractivity contribution in [2.24, 2.45) is 5.92 Å². The predicted molar refractivity (Wildman–Crippen MR) is 83.5 cm³/mol. The van der Waals surface area contributed by atoms with Crippen LogP contribution < -0.4 is 0 Å². The molecule has 0 N–H and O–H groups in total. The molecule has 5 nitrogen and oxygen atoms in total. The summed E-state index contributed by atoms with van der Waals surface area (Å²) in [5.41, 5.74) is -0.313. The third kappa shape index (κ3) is 2.90. The van der Waals surface area contributed by atoms with Gasteiger partial charge in [0, 0.05) is 26.8 Å². The number of ether oxygens (including phenoxy) is 2. The molecule has 22 heavy (non-hydrogen) atoms. The molecule has 0 amide bonds. The molecule has 2 heterocycles. The molecule has 0 bridgehead atoms. The summed E-state index contributed by atoms with van der Waals surface area (Å²) in [4.78, 5) is 0.167. The summed E-state index contributed by atoms with van der Waals surface area (Å²) in [5.74, 6) is 0.449. The molecular weight excluding hydrogens is 326 g/mol. The van der Waals surface area contributed by atoms with Gasteiger partial charge in [0.1, 0.15) is 4.90 Å². The second kappa shape index (κ2) is 6.09. The molecule has 1 aromatic carbocycles. The molecule has 0 saturated carbocycles. The molecule has 0 aromatic heterocycles. The van der Waals surface area contributed by atoms with Gasteiger partial charge in [0.25, 0.3) is 0 Å². The summed E-state index contributed by atoms with van der Waals surface area (Å²) in [6.45, 7) is 2.21. The van der Waals surface area contributed by atoms with E-state index in [4.69, 9.17) is 21.1 Å². The number of hydrogen-bond acceptors (Lipinski definition) is 4. The first-order chi connectivity index (χ1) is 10.5. The highest BCUT2D eigenvalue weighted by Gasteiger charge is 2.53. The van der Waals surface area contributed by atoms with Crippen LogP contribution in [0.3, 0.4) is 0 Å². The van der Waals surface area contributed by atoms with Crippen LogP contribution in [0.15, 0.2) is 29.2 Å². The maximum atomic E-state index is 12.6. The maximum Gasteiger partial charge on any atom is 0.244 e. The minimum atomic E-state index is -3.53. The van der Waals surface area contributed by atoms with E-state index in [2.05, 4.69) is 0 Å². The Labute approximate surface area is 136 Å². The Hall–Kier alpha value is -0.660. The normalized spacial score (nSPS) is 24.5. The van der Waals surface area contributed by atoms with Gasteiger partial charge in [0.05, 0.1) is 17.2 Å². The summed E-state index contributed by atoms with van der Waals surface area (Å²) in [7, 11) is -1.85. The van der Waals surface area contributed by atoms with Gasteiger partial charge in [0.2, 0.25) is 10.0 Å². The van der Waals surface area contributed by atoms with Gasteiger partial charge in [-0.2, -0.15) is 4.31 Å². The molecule has 122 valence electrons. The Balaban J connectivity index is 1.65. The molecule has 0 aliphatic carbocycles. The Morgan fingerprint density at radius 2 is 2.14 bits per heavy atom. The molecule has 1 atom stereocenters. The van der Waals surface area contributed by atoms with E-state index in [1.807, 2.05) is 0 Å². The molecule has 0 radical (unpaired) electrons. The van der Waals surface area contributed by atoms with E-state index < -0.39 is 10.0 Å². The zero-order chi connectivity index (χ0) is 15.8. The fourth-order valence-corrected chi connectivity index (χ4v) is 5.27. The van der Waals surface area contributed by atoms with Gasteiger partial charge in [-0.25, -0.2) is 8.42 Å². The lowest BCUT2D eigenvalue weighted by atomic mass is 9.88. The van der Waals surface area contributed by atoms with E-state index in [9.17, 15) is 8.42 Å². The SMILES string of the molecule is COCCC1COC2(C1)CN(S(=O)(=O)c1ccccc1Cl)C2. The van der Waals surface area contributed by atoms with E-state index in [-0.39, 0.29) is 15.5 Å². The Kier molecular flexibility index (Phi) is 4.49. The van der Waals surface area contributed by atoms with Crippen LogP contribution in [0.25, 0.3) is 0 Å². The van der Waals surface area contributed by atoms with Crippen molar-refractivity contribution in [1.29, 1.82) is 0 Å². The largest absolute Gasteiger partial charge is 0.385 e.